The zero-order chi connectivity index (χ0) is 31.7. The lowest BCUT2D eigenvalue weighted by Crippen LogP contribution is -2.35. The summed E-state index contributed by atoms with van der Waals surface area (Å²) in [4.78, 5) is 37.1. The number of halogens is 4. The molecule has 11 nitrogen and oxygen atoms in total. The highest BCUT2D eigenvalue weighted by Gasteiger charge is 2.66. The minimum Gasteiger partial charge on any atom is -0.377 e. The molecule has 0 bridgehead atoms. The van der Waals surface area contributed by atoms with Crippen LogP contribution in [0.5, 0.6) is 0 Å². The summed E-state index contributed by atoms with van der Waals surface area (Å²) in [6.45, 7) is 4.14. The predicted molar refractivity (Wildman–Crippen MR) is 160 cm³/mol. The topological polar surface area (TPSA) is 127 Å². The van der Waals surface area contributed by atoms with Crippen LogP contribution in [0.2, 0.25) is 5.15 Å². The summed E-state index contributed by atoms with van der Waals surface area (Å²) in [5, 5.41) is 8.01. The fourth-order valence-electron chi connectivity index (χ4n) is 5.64. The van der Waals surface area contributed by atoms with Gasteiger partial charge in [-0.05, 0) is 50.5 Å². The van der Waals surface area contributed by atoms with E-state index in [4.69, 9.17) is 16.6 Å². The molecule has 3 aromatic heterocycles. The van der Waals surface area contributed by atoms with Crippen LogP contribution in [0.1, 0.15) is 58.7 Å². The molecule has 0 radical (unpaired) electrons. The highest BCUT2D eigenvalue weighted by Crippen LogP contribution is 2.55. The van der Waals surface area contributed by atoms with Gasteiger partial charge >= 0.3 is 6.18 Å². The molecule has 2 unspecified atom stereocenters. The number of nitrogens with zero attached hydrogens (tertiary/aromatic N) is 6. The first-order valence-corrected chi connectivity index (χ1v) is 15.6. The lowest BCUT2D eigenvalue weighted by molar-refractivity contribution is -0.182. The van der Waals surface area contributed by atoms with E-state index in [0.717, 1.165) is 10.2 Å². The monoisotopic (exact) mass is 648 g/mol. The normalized spacial score (nSPS) is 17.0. The Kier molecular flexibility index (Phi) is 7.23. The number of rotatable bonds is 7. The van der Waals surface area contributed by atoms with Gasteiger partial charge in [-0.3, -0.25) is 23.6 Å². The van der Waals surface area contributed by atoms with E-state index in [2.05, 4.69) is 20.1 Å². The van der Waals surface area contributed by atoms with E-state index in [1.54, 1.807) is 19.2 Å². The van der Waals surface area contributed by atoms with E-state index in [1.807, 2.05) is 24.8 Å². The highest BCUT2D eigenvalue weighted by molar-refractivity contribution is 7.82. The summed E-state index contributed by atoms with van der Waals surface area (Å²) in [6, 6.07) is 6.25. The average molecular weight is 649 g/mol. The average Bonchev–Trinajstić information content (AvgIpc) is 3.54. The number of fused-ring (bicyclic) bond motifs is 2. The van der Waals surface area contributed by atoms with Crippen molar-refractivity contribution in [2.75, 3.05) is 16.5 Å². The summed E-state index contributed by atoms with van der Waals surface area (Å²) in [7, 11) is -0.0205. The maximum absolute atomic E-state index is 13.7. The lowest BCUT2D eigenvalue weighted by atomic mass is 10.0. The number of pyridine rings is 1. The molecule has 4 heterocycles. The summed E-state index contributed by atoms with van der Waals surface area (Å²) in [6.07, 6.45) is -1.59. The molecule has 1 saturated carbocycles. The first kappa shape index (κ1) is 30.1. The first-order chi connectivity index (χ1) is 20.7. The molecule has 2 atom stereocenters. The van der Waals surface area contributed by atoms with Crippen molar-refractivity contribution in [2.45, 2.75) is 57.5 Å². The number of carbonyl (C=O) groups excluding carboxylic acids is 1. The molecule has 1 fully saturated rings. The maximum Gasteiger partial charge on any atom is 0.413 e. The van der Waals surface area contributed by atoms with E-state index in [9.17, 15) is 27.0 Å². The number of anilines is 2. The van der Waals surface area contributed by atoms with Crippen LogP contribution >= 0.6 is 11.6 Å². The molecule has 1 amide bonds. The number of alkyl halides is 3. The largest absolute Gasteiger partial charge is 0.413 e. The quantitative estimate of drug-likeness (QED) is 0.285. The Balaban J connectivity index is 1.35. The van der Waals surface area contributed by atoms with Gasteiger partial charge in [-0.2, -0.15) is 18.3 Å². The van der Waals surface area contributed by atoms with Gasteiger partial charge in [0.05, 0.1) is 34.9 Å². The van der Waals surface area contributed by atoms with Crippen molar-refractivity contribution in [3.05, 3.63) is 74.0 Å². The van der Waals surface area contributed by atoms with E-state index in [0.29, 0.717) is 39.4 Å². The van der Waals surface area contributed by atoms with Crippen molar-refractivity contribution in [1.82, 2.24) is 29.0 Å². The second-order valence-corrected chi connectivity index (χ2v) is 12.7. The second kappa shape index (κ2) is 10.6. The molecule has 0 saturated heterocycles. The van der Waals surface area contributed by atoms with Crippen molar-refractivity contribution >= 4 is 51.0 Å². The summed E-state index contributed by atoms with van der Waals surface area (Å²) >= 11 is 6.04. The molecule has 2 aliphatic rings. The Morgan fingerprint density at radius 3 is 2.55 bits per heavy atom. The first-order valence-electron chi connectivity index (χ1n) is 13.7. The highest BCUT2D eigenvalue weighted by atomic mass is 35.5. The molecule has 4 aromatic rings. The minimum atomic E-state index is -4.38. The molecule has 1 aromatic carbocycles. The van der Waals surface area contributed by atoms with Crippen LogP contribution in [0.4, 0.5) is 24.8 Å². The molecule has 1 aliphatic carbocycles. The van der Waals surface area contributed by atoms with Crippen LogP contribution in [0, 0.1) is 6.92 Å². The number of aryl methyl sites for hydroxylation is 1. The number of benzene rings is 1. The number of hydrogen-bond donors (Lipinski definition) is 2. The number of hydrogen-bond acceptors (Lipinski definition) is 8. The van der Waals surface area contributed by atoms with Crippen LogP contribution in [-0.2, 0) is 36.7 Å². The fourth-order valence-corrected chi connectivity index (χ4v) is 6.15. The van der Waals surface area contributed by atoms with Crippen LogP contribution < -0.4 is 20.5 Å². The van der Waals surface area contributed by atoms with Crippen LogP contribution in [0.3, 0.4) is 0 Å². The van der Waals surface area contributed by atoms with Gasteiger partial charge in [0.25, 0.3) is 11.5 Å². The zero-order valence-corrected chi connectivity index (χ0v) is 25.7. The molecule has 0 spiro atoms. The molecule has 44 heavy (non-hydrogen) atoms. The van der Waals surface area contributed by atoms with Gasteiger partial charge < -0.3 is 10.2 Å². The van der Waals surface area contributed by atoms with Crippen molar-refractivity contribution in [3.63, 3.8) is 0 Å². The third-order valence-electron chi connectivity index (χ3n) is 8.03. The number of nitrogens with one attached hydrogen (secondary N) is 2. The third kappa shape index (κ3) is 5.11. The zero-order valence-electron chi connectivity index (χ0n) is 24.1. The molecular formula is C28H28ClF3N8O3S. The van der Waals surface area contributed by atoms with Gasteiger partial charge in [0.15, 0.2) is 11.2 Å². The van der Waals surface area contributed by atoms with Crippen LogP contribution in [0.25, 0.3) is 10.9 Å². The number of carbonyl (C=O) groups is 1. The van der Waals surface area contributed by atoms with E-state index >= 15 is 0 Å². The predicted octanol–water partition coefficient (Wildman–Crippen LogP) is 4.25. The van der Waals surface area contributed by atoms with E-state index in [1.165, 1.54) is 23.1 Å². The van der Waals surface area contributed by atoms with Gasteiger partial charge in [-0.15, -0.1) is 0 Å². The Bertz CT molecular complexity index is 1900. The second-order valence-electron chi connectivity index (χ2n) is 11.2. The van der Waals surface area contributed by atoms with Crippen LogP contribution in [-0.4, -0.2) is 46.9 Å². The SMILES string of the molecule is Cc1cc(C(C)Nc2ccc(Cl)nc2C(=O)NS(C)=O)c2nc(N3Cc4cn(C5(C(F)(F)F)CC5)nc4C3)n(C)c(=O)c2c1. The Morgan fingerprint density at radius 2 is 1.91 bits per heavy atom. The van der Waals surface area contributed by atoms with Gasteiger partial charge in [-0.1, -0.05) is 17.7 Å². The van der Waals surface area contributed by atoms with Gasteiger partial charge in [0, 0.05) is 37.2 Å². The third-order valence-corrected chi connectivity index (χ3v) is 8.72. The van der Waals surface area contributed by atoms with Gasteiger partial charge in [0.1, 0.15) is 16.1 Å². The standard InChI is InChI=1S/C28H28ClF3N8O3S/c1-14-9-17(15(2)33-19-5-6-21(29)34-23(19)24(41)37-44(4)43)22-18(10-14)25(42)38(3)26(35-22)39-11-16-12-40(36-20(16)13-39)27(7-8-27)28(30,31)32/h5-6,9-10,12,15,33H,7-8,11,13H2,1-4H3,(H,37,41). The van der Waals surface area contributed by atoms with Crippen molar-refractivity contribution in [2.24, 2.45) is 7.05 Å². The molecule has 232 valence electrons. The van der Waals surface area contributed by atoms with Crippen molar-refractivity contribution < 1.29 is 22.2 Å². The Morgan fingerprint density at radius 1 is 1.18 bits per heavy atom. The molecule has 2 N–H and O–H groups in total. The van der Waals surface area contributed by atoms with Gasteiger partial charge in [0.2, 0.25) is 5.95 Å². The Labute approximate surface area is 257 Å². The molecular weight excluding hydrogens is 621 g/mol. The van der Waals surface area contributed by atoms with E-state index < -0.39 is 34.6 Å². The maximum atomic E-state index is 13.7. The van der Waals surface area contributed by atoms with Crippen LogP contribution in [0.15, 0.2) is 35.3 Å². The number of amides is 1. The van der Waals surface area contributed by atoms with Crippen molar-refractivity contribution in [3.8, 4) is 0 Å². The minimum absolute atomic E-state index is 0.00623. The molecule has 1 aliphatic heterocycles. The smallest absolute Gasteiger partial charge is 0.377 e. The lowest BCUT2D eigenvalue weighted by Gasteiger charge is -2.24. The summed E-state index contributed by atoms with van der Waals surface area (Å²) < 4.78 is 57.4. The van der Waals surface area contributed by atoms with Gasteiger partial charge in [-0.25, -0.2) is 14.2 Å². The van der Waals surface area contributed by atoms with Crippen molar-refractivity contribution in [1.29, 1.82) is 0 Å². The van der Waals surface area contributed by atoms with E-state index in [-0.39, 0.29) is 42.3 Å². The fraction of sp³-hybridized carbons (Fsp3) is 0.393. The summed E-state index contributed by atoms with van der Waals surface area (Å²) in [5.41, 5.74) is 1.15. The molecule has 16 heteroatoms. The summed E-state index contributed by atoms with van der Waals surface area (Å²) in [5.74, 6) is -0.329. The Hall–Kier alpha value is -3.98. The number of aromatic nitrogens is 5. The molecule has 6 rings (SSSR count).